The van der Waals surface area contributed by atoms with E-state index in [1.54, 1.807) is 0 Å². The predicted molar refractivity (Wildman–Crippen MR) is 89.4 cm³/mol. The van der Waals surface area contributed by atoms with Gasteiger partial charge in [0.05, 0.1) is 12.1 Å². The van der Waals surface area contributed by atoms with Gasteiger partial charge >= 0.3 is 0 Å². The Labute approximate surface area is 145 Å². The average Bonchev–Trinajstić information content (AvgIpc) is 3.29. The number of rotatable bonds is 0. The van der Waals surface area contributed by atoms with Crippen LogP contribution in [-0.2, 0) is 20.7 Å². The van der Waals surface area contributed by atoms with Crippen molar-refractivity contribution in [2.45, 2.75) is 50.4 Å². The number of fused-ring (bicyclic) bond motifs is 7. The molecule has 4 bridgehead atoms. The van der Waals surface area contributed by atoms with Gasteiger partial charge in [-0.3, -0.25) is 9.59 Å². The van der Waals surface area contributed by atoms with Gasteiger partial charge in [-0.2, -0.15) is 0 Å². The molecule has 0 saturated carbocycles. The maximum Gasteiger partial charge on any atom is 0.259 e. The first-order valence-electron chi connectivity index (χ1n) is 8.76. The molecule has 2 N–H and O–H groups in total. The van der Waals surface area contributed by atoms with Crippen LogP contribution in [0, 0.1) is 0 Å². The van der Waals surface area contributed by atoms with Gasteiger partial charge < -0.3 is 19.9 Å². The molecule has 4 aliphatic heterocycles. The molecule has 6 nitrogen and oxygen atoms in total. The summed E-state index contributed by atoms with van der Waals surface area (Å²) >= 11 is 0. The maximum atomic E-state index is 12.3. The highest BCUT2D eigenvalue weighted by molar-refractivity contribution is 6.21. The average molecular weight is 343 g/mol. The molecule has 1 saturated heterocycles. The molecule has 0 aliphatic carbocycles. The number of carbonyl (C=O) groups is 2. The van der Waals surface area contributed by atoms with Crippen molar-refractivity contribution >= 4 is 11.7 Å². The van der Waals surface area contributed by atoms with Crippen LogP contribution >= 0.6 is 0 Å². The molecule has 0 radical (unpaired) electrons. The molecule has 1 aromatic rings. The lowest BCUT2D eigenvalue weighted by molar-refractivity contribution is -0.122. The Balaban J connectivity index is 1.56. The molecule has 1 fully saturated rings. The molecule has 4 heterocycles. The van der Waals surface area contributed by atoms with Crippen LogP contribution < -0.4 is 10.1 Å². The standard InChI is InChI=1S/C19H21NO5/c21-14-3-1-2-4-15-16(25-15)10-24-12-7-5-11(6-8-12)9-13-18(22)17(14)19(23)20-13/h5-8,13,15-16,22H,1-4,9-10H2,(H,20,23)/t13-,15+,16+/m0/s1. The molecule has 4 aliphatic rings. The third-order valence-corrected chi connectivity index (χ3v) is 5.01. The summed E-state index contributed by atoms with van der Waals surface area (Å²) in [5.74, 6) is -0.119. The fraction of sp³-hybridized carbons (Fsp3) is 0.474. The molecular formula is C19H21NO5. The van der Waals surface area contributed by atoms with Crippen LogP contribution in [0.15, 0.2) is 35.6 Å². The first-order chi connectivity index (χ1) is 12.1. The number of ketones is 1. The molecular weight excluding hydrogens is 322 g/mol. The molecule has 0 spiro atoms. The van der Waals surface area contributed by atoms with Crippen LogP contribution in [0.25, 0.3) is 0 Å². The van der Waals surface area contributed by atoms with E-state index in [0.29, 0.717) is 19.4 Å². The zero-order valence-electron chi connectivity index (χ0n) is 13.9. The fourth-order valence-electron chi connectivity index (χ4n) is 3.48. The number of hydrogen-bond acceptors (Lipinski definition) is 5. The summed E-state index contributed by atoms with van der Waals surface area (Å²) in [5.41, 5.74) is 0.873. The number of aliphatic hydroxyl groups excluding tert-OH is 1. The molecule has 5 rings (SSSR count). The number of amides is 1. The molecule has 1 amide bonds. The maximum absolute atomic E-state index is 12.3. The van der Waals surface area contributed by atoms with E-state index in [1.807, 2.05) is 24.3 Å². The SMILES string of the molecule is O=C1CCCC[C@H]2O[C@@H]2COc2ccc(cc2)C[C@@H]2NC(=O)C1=C2O. The second-order valence-corrected chi connectivity index (χ2v) is 6.83. The zero-order valence-corrected chi connectivity index (χ0v) is 13.9. The van der Waals surface area contributed by atoms with Crippen LogP contribution in [0.3, 0.4) is 0 Å². The number of benzene rings is 1. The van der Waals surface area contributed by atoms with E-state index >= 15 is 0 Å². The highest BCUT2D eigenvalue weighted by Crippen LogP contribution is 2.29. The lowest BCUT2D eigenvalue weighted by Gasteiger charge is -2.12. The van der Waals surface area contributed by atoms with Crippen molar-refractivity contribution in [1.29, 1.82) is 0 Å². The molecule has 25 heavy (non-hydrogen) atoms. The number of ether oxygens (including phenoxy) is 2. The van der Waals surface area contributed by atoms with Gasteiger partial charge in [0.15, 0.2) is 5.78 Å². The second kappa shape index (κ2) is 6.52. The van der Waals surface area contributed by atoms with Gasteiger partial charge in [0.2, 0.25) is 0 Å². The van der Waals surface area contributed by atoms with E-state index in [0.717, 1.165) is 24.2 Å². The van der Waals surface area contributed by atoms with Crippen LogP contribution in [0.1, 0.15) is 31.2 Å². The summed E-state index contributed by atoms with van der Waals surface area (Å²) in [4.78, 5) is 24.4. The number of carbonyl (C=O) groups excluding carboxylic acids is 2. The third kappa shape index (κ3) is 3.39. The lowest BCUT2D eigenvalue weighted by Crippen LogP contribution is -2.31. The summed E-state index contributed by atoms with van der Waals surface area (Å²) in [6.45, 7) is 0.536. The van der Waals surface area contributed by atoms with Gasteiger partial charge in [-0.15, -0.1) is 0 Å². The van der Waals surface area contributed by atoms with E-state index in [2.05, 4.69) is 5.32 Å². The van der Waals surface area contributed by atoms with Crippen molar-refractivity contribution in [3.63, 3.8) is 0 Å². The first-order valence-corrected chi connectivity index (χ1v) is 8.76. The van der Waals surface area contributed by atoms with E-state index in [4.69, 9.17) is 9.47 Å². The highest BCUT2D eigenvalue weighted by atomic mass is 16.6. The summed E-state index contributed by atoms with van der Waals surface area (Å²) in [5, 5.41) is 13.0. The number of nitrogens with one attached hydrogen (secondary N) is 1. The Morgan fingerprint density at radius 1 is 1.08 bits per heavy atom. The van der Waals surface area contributed by atoms with E-state index in [-0.39, 0.29) is 35.7 Å². The Hall–Kier alpha value is -2.34. The van der Waals surface area contributed by atoms with Crippen LogP contribution in [0.2, 0.25) is 0 Å². The minimum absolute atomic E-state index is 0.0742. The quantitative estimate of drug-likeness (QED) is 0.554. The monoisotopic (exact) mass is 343 g/mol. The number of hydrogen-bond donors (Lipinski definition) is 2. The van der Waals surface area contributed by atoms with Crippen molar-refractivity contribution in [3.8, 4) is 5.75 Å². The minimum Gasteiger partial charge on any atom is -0.509 e. The Morgan fingerprint density at radius 3 is 2.68 bits per heavy atom. The number of epoxide rings is 1. The van der Waals surface area contributed by atoms with Crippen molar-refractivity contribution in [2.75, 3.05) is 6.61 Å². The van der Waals surface area contributed by atoms with Crippen molar-refractivity contribution in [2.24, 2.45) is 0 Å². The topological polar surface area (TPSA) is 88.2 Å². The molecule has 0 aromatic heterocycles. The molecule has 1 aromatic carbocycles. The van der Waals surface area contributed by atoms with Crippen molar-refractivity contribution < 1.29 is 24.2 Å². The lowest BCUT2D eigenvalue weighted by atomic mass is 10.0. The summed E-state index contributed by atoms with van der Waals surface area (Å²) in [6, 6.07) is 6.99. The van der Waals surface area contributed by atoms with Gasteiger partial charge in [-0.05, 0) is 37.0 Å². The fourth-order valence-corrected chi connectivity index (χ4v) is 3.48. The van der Waals surface area contributed by atoms with E-state index in [1.165, 1.54) is 0 Å². The van der Waals surface area contributed by atoms with Gasteiger partial charge in [-0.1, -0.05) is 18.6 Å². The molecule has 3 atom stereocenters. The van der Waals surface area contributed by atoms with Gasteiger partial charge in [0.25, 0.3) is 5.91 Å². The Bertz CT molecular complexity index is 724. The second-order valence-electron chi connectivity index (χ2n) is 6.83. The normalized spacial score (nSPS) is 29.7. The molecule has 6 heteroatoms. The largest absolute Gasteiger partial charge is 0.509 e. The molecule has 132 valence electrons. The number of Topliss-reactive ketones (excluding diaryl/α,β-unsaturated/α-hetero) is 1. The van der Waals surface area contributed by atoms with Crippen LogP contribution in [-0.4, -0.2) is 41.7 Å². The number of aliphatic hydroxyl groups is 1. The van der Waals surface area contributed by atoms with Crippen LogP contribution in [0.4, 0.5) is 0 Å². The Morgan fingerprint density at radius 2 is 1.88 bits per heavy atom. The summed E-state index contributed by atoms with van der Waals surface area (Å²) in [6.07, 6.45) is 3.42. The van der Waals surface area contributed by atoms with Crippen LogP contribution in [0.5, 0.6) is 5.75 Å². The minimum atomic E-state index is -0.546. The smallest absolute Gasteiger partial charge is 0.259 e. The van der Waals surface area contributed by atoms with E-state index < -0.39 is 11.9 Å². The van der Waals surface area contributed by atoms with Crippen molar-refractivity contribution in [1.82, 2.24) is 5.32 Å². The first kappa shape index (κ1) is 16.1. The van der Waals surface area contributed by atoms with Gasteiger partial charge in [0.1, 0.15) is 29.8 Å². The third-order valence-electron chi connectivity index (χ3n) is 5.01. The van der Waals surface area contributed by atoms with Gasteiger partial charge in [0, 0.05) is 6.42 Å². The van der Waals surface area contributed by atoms with Gasteiger partial charge in [-0.25, -0.2) is 0 Å². The Kier molecular flexibility index (Phi) is 4.21. The zero-order chi connectivity index (χ0) is 17.4. The van der Waals surface area contributed by atoms with E-state index in [9.17, 15) is 14.7 Å². The predicted octanol–water partition coefficient (Wildman–Crippen LogP) is 1.83. The summed E-state index contributed by atoms with van der Waals surface area (Å²) in [7, 11) is 0. The molecule has 0 unspecified atom stereocenters. The summed E-state index contributed by atoms with van der Waals surface area (Å²) < 4.78 is 11.3. The highest BCUT2D eigenvalue weighted by Gasteiger charge is 2.39. The van der Waals surface area contributed by atoms with Crippen molar-refractivity contribution in [3.05, 3.63) is 41.2 Å².